The standard InChI is InChI=1S/C42H74NO13P/c1-3-5-7-8-9-10-11-12-13-14-15-20-24-30-41(48)56-36(33-54-57(51,52)55-34-37(43)42(49)50)32-53-40(47)31-25-29-39(46)38(45)28-23-19-17-16-18-22-27-35(44)26-21-6-4-2/h16-19,22-23,27-28,35-39,44-46H,3-15,20-21,24-26,29-34,43H2,1-2H3,(H,49,50)(H,51,52)/b18-16-,19-17+,27-22+,28-23+/t35-,36-,37+,38-,39-/m1/s1. The Balaban J connectivity index is 4.72. The lowest BCUT2D eigenvalue weighted by molar-refractivity contribution is -0.161. The summed E-state index contributed by atoms with van der Waals surface area (Å²) in [5.74, 6) is -2.75. The topological polar surface area (TPSA) is 232 Å². The molecule has 0 aromatic rings. The number of ether oxygens (including phenoxy) is 2. The molecule has 0 heterocycles. The first-order chi connectivity index (χ1) is 27.3. The molecule has 0 saturated heterocycles. The number of carboxylic acid groups (broad SMARTS) is 1. The Hall–Kier alpha value is -2.68. The van der Waals surface area contributed by atoms with E-state index in [1.807, 2.05) is 0 Å². The molecular formula is C42H74NO13P. The molecule has 7 N–H and O–H groups in total. The number of allylic oxidation sites excluding steroid dienone is 6. The Morgan fingerprint density at radius 1 is 0.614 bits per heavy atom. The molecule has 0 aliphatic rings. The summed E-state index contributed by atoms with van der Waals surface area (Å²) < 4.78 is 32.4. The summed E-state index contributed by atoms with van der Waals surface area (Å²) in [6.45, 7) is 2.33. The molecule has 15 heteroatoms. The molecule has 6 atom stereocenters. The van der Waals surface area contributed by atoms with E-state index in [0.29, 0.717) is 6.42 Å². The van der Waals surface area contributed by atoms with Gasteiger partial charge in [0.1, 0.15) is 12.6 Å². The van der Waals surface area contributed by atoms with Crippen LogP contribution in [-0.4, -0.2) is 93.5 Å². The van der Waals surface area contributed by atoms with Crippen LogP contribution in [0.5, 0.6) is 0 Å². The van der Waals surface area contributed by atoms with Gasteiger partial charge in [-0.2, -0.15) is 0 Å². The second-order valence-corrected chi connectivity index (χ2v) is 15.8. The van der Waals surface area contributed by atoms with Crippen molar-refractivity contribution in [1.82, 2.24) is 0 Å². The van der Waals surface area contributed by atoms with E-state index >= 15 is 0 Å². The van der Waals surface area contributed by atoms with Crippen molar-refractivity contribution in [3.05, 3.63) is 48.6 Å². The monoisotopic (exact) mass is 831 g/mol. The Kier molecular flexibility index (Phi) is 34.7. The van der Waals surface area contributed by atoms with Crippen LogP contribution in [-0.2, 0) is 37.5 Å². The van der Waals surface area contributed by atoms with Gasteiger partial charge in [-0.25, -0.2) is 4.57 Å². The van der Waals surface area contributed by atoms with Crippen LogP contribution in [0.3, 0.4) is 0 Å². The number of aliphatic carboxylic acids is 1. The van der Waals surface area contributed by atoms with Gasteiger partial charge in [0.25, 0.3) is 0 Å². The number of aliphatic hydroxyl groups is 3. The smallest absolute Gasteiger partial charge is 0.472 e. The van der Waals surface area contributed by atoms with Crippen molar-refractivity contribution in [2.75, 3.05) is 19.8 Å². The number of unbranched alkanes of at least 4 members (excludes halogenated alkanes) is 14. The van der Waals surface area contributed by atoms with Crippen LogP contribution in [0.4, 0.5) is 0 Å². The van der Waals surface area contributed by atoms with Gasteiger partial charge in [0, 0.05) is 12.8 Å². The lowest BCUT2D eigenvalue weighted by atomic mass is 10.0. The molecule has 0 fully saturated rings. The molecule has 0 radical (unpaired) electrons. The van der Waals surface area contributed by atoms with Crippen molar-refractivity contribution in [1.29, 1.82) is 0 Å². The van der Waals surface area contributed by atoms with Gasteiger partial charge < -0.3 is 40.5 Å². The molecule has 0 aromatic heterocycles. The van der Waals surface area contributed by atoms with Crippen molar-refractivity contribution in [3.63, 3.8) is 0 Å². The van der Waals surface area contributed by atoms with E-state index in [2.05, 4.69) is 18.4 Å². The lowest BCUT2D eigenvalue weighted by Gasteiger charge is -2.20. The maximum absolute atomic E-state index is 12.6. The first kappa shape index (κ1) is 54.3. The number of hydrogen-bond acceptors (Lipinski definition) is 12. The second kappa shape index (κ2) is 36.4. The van der Waals surface area contributed by atoms with Crippen LogP contribution in [0.15, 0.2) is 48.6 Å². The predicted octanol–water partition coefficient (Wildman–Crippen LogP) is 7.53. The van der Waals surface area contributed by atoms with Crippen molar-refractivity contribution >= 4 is 25.7 Å². The fourth-order valence-electron chi connectivity index (χ4n) is 5.45. The largest absolute Gasteiger partial charge is 0.480 e. The van der Waals surface area contributed by atoms with E-state index in [-0.39, 0.29) is 25.7 Å². The van der Waals surface area contributed by atoms with Crippen LogP contribution in [0.25, 0.3) is 0 Å². The number of phosphoric ester groups is 1. The summed E-state index contributed by atoms with van der Waals surface area (Å²) >= 11 is 0. The normalized spacial score (nSPS) is 15.9. The third-order valence-electron chi connectivity index (χ3n) is 8.95. The minimum Gasteiger partial charge on any atom is -0.480 e. The number of carbonyl (C=O) groups is 3. The molecule has 0 saturated carbocycles. The van der Waals surface area contributed by atoms with Gasteiger partial charge in [-0.05, 0) is 25.7 Å². The minimum atomic E-state index is -4.80. The van der Waals surface area contributed by atoms with Gasteiger partial charge in [-0.3, -0.25) is 23.4 Å². The average molecular weight is 832 g/mol. The van der Waals surface area contributed by atoms with Crippen LogP contribution in [0, 0.1) is 0 Å². The van der Waals surface area contributed by atoms with Gasteiger partial charge in [0.2, 0.25) is 0 Å². The molecule has 0 aromatic carbocycles. The van der Waals surface area contributed by atoms with E-state index in [4.69, 9.17) is 24.8 Å². The van der Waals surface area contributed by atoms with Gasteiger partial charge in [0.05, 0.1) is 31.5 Å². The predicted molar refractivity (Wildman–Crippen MR) is 221 cm³/mol. The number of hydrogen-bond donors (Lipinski definition) is 6. The van der Waals surface area contributed by atoms with Crippen molar-refractivity contribution < 1.29 is 62.8 Å². The van der Waals surface area contributed by atoms with Gasteiger partial charge in [0.15, 0.2) is 6.10 Å². The van der Waals surface area contributed by atoms with Gasteiger partial charge in [-0.1, -0.05) is 159 Å². The quantitative estimate of drug-likeness (QED) is 0.0153. The molecule has 0 rings (SSSR count). The molecule has 0 amide bonds. The van der Waals surface area contributed by atoms with Crippen LogP contribution in [0.1, 0.15) is 149 Å². The number of rotatable bonds is 38. The van der Waals surface area contributed by atoms with Crippen LogP contribution in [0.2, 0.25) is 0 Å². The van der Waals surface area contributed by atoms with Crippen LogP contribution >= 0.6 is 7.82 Å². The van der Waals surface area contributed by atoms with E-state index < -0.39 is 76.0 Å². The molecule has 0 bridgehead atoms. The van der Waals surface area contributed by atoms with Crippen molar-refractivity contribution in [2.24, 2.45) is 5.73 Å². The molecule has 0 aliphatic heterocycles. The SMILES string of the molecule is CCCCCCCCCCCCCCCC(=O)O[C@H](COC(=O)CCC[C@@H](O)[C@H](O)/C=C/C=C/C=C\C=C\[C@H](O)CCCCC)COP(=O)(O)OC[C@H](N)C(=O)O. The molecule has 57 heavy (non-hydrogen) atoms. The lowest BCUT2D eigenvalue weighted by Crippen LogP contribution is -2.34. The summed E-state index contributed by atoms with van der Waals surface area (Å²) in [4.78, 5) is 45.9. The molecule has 330 valence electrons. The summed E-state index contributed by atoms with van der Waals surface area (Å²) in [5, 5.41) is 39.3. The maximum atomic E-state index is 12.6. The van der Waals surface area contributed by atoms with E-state index in [0.717, 1.165) is 51.4 Å². The van der Waals surface area contributed by atoms with Crippen LogP contribution < -0.4 is 5.73 Å². The highest BCUT2D eigenvalue weighted by atomic mass is 31.2. The third kappa shape index (κ3) is 35.0. The molecule has 1 unspecified atom stereocenters. The zero-order valence-electron chi connectivity index (χ0n) is 34.5. The summed E-state index contributed by atoms with van der Waals surface area (Å²) in [6, 6.07) is -1.57. The summed E-state index contributed by atoms with van der Waals surface area (Å²) in [6.07, 6.45) is 28.4. The highest BCUT2D eigenvalue weighted by Crippen LogP contribution is 2.43. The maximum Gasteiger partial charge on any atom is 0.472 e. The Morgan fingerprint density at radius 3 is 1.68 bits per heavy atom. The average Bonchev–Trinajstić information content (AvgIpc) is 3.17. The van der Waals surface area contributed by atoms with Crippen molar-refractivity contribution in [2.45, 2.75) is 179 Å². The Morgan fingerprint density at radius 2 is 1.11 bits per heavy atom. The zero-order valence-corrected chi connectivity index (χ0v) is 35.4. The summed E-state index contributed by atoms with van der Waals surface area (Å²) in [5.41, 5.74) is 5.30. The number of aliphatic hydroxyl groups excluding tert-OH is 3. The minimum absolute atomic E-state index is 0.0831. The first-order valence-corrected chi connectivity index (χ1v) is 22.5. The number of carboxylic acids is 1. The van der Waals surface area contributed by atoms with Gasteiger partial charge >= 0.3 is 25.7 Å². The number of esters is 2. The first-order valence-electron chi connectivity index (χ1n) is 21.0. The van der Waals surface area contributed by atoms with Gasteiger partial charge in [-0.15, -0.1) is 0 Å². The third-order valence-corrected chi connectivity index (χ3v) is 9.90. The zero-order chi connectivity index (χ0) is 42.6. The highest BCUT2D eigenvalue weighted by Gasteiger charge is 2.28. The molecule has 0 spiro atoms. The molecule has 14 nitrogen and oxygen atoms in total. The number of nitrogens with two attached hydrogens (primary N) is 1. The fraction of sp³-hybridized carbons (Fsp3) is 0.738. The van der Waals surface area contributed by atoms with E-state index in [1.165, 1.54) is 57.4 Å². The van der Waals surface area contributed by atoms with Crippen molar-refractivity contribution in [3.8, 4) is 0 Å². The summed E-state index contributed by atoms with van der Waals surface area (Å²) in [7, 11) is -4.80. The van der Waals surface area contributed by atoms with E-state index in [9.17, 15) is 39.2 Å². The second-order valence-electron chi connectivity index (χ2n) is 14.3. The fourth-order valence-corrected chi connectivity index (χ4v) is 6.23. The van der Waals surface area contributed by atoms with E-state index in [1.54, 1.807) is 42.5 Å². The Labute approximate surface area is 341 Å². The molecular weight excluding hydrogens is 757 g/mol. The number of phosphoric acid groups is 1. The highest BCUT2D eigenvalue weighted by molar-refractivity contribution is 7.47. The number of carbonyl (C=O) groups excluding carboxylic acids is 2. The Bertz CT molecular complexity index is 1210. The molecule has 0 aliphatic carbocycles.